The van der Waals surface area contributed by atoms with E-state index in [2.05, 4.69) is 22.7 Å². The van der Waals surface area contributed by atoms with Crippen molar-refractivity contribution in [3.8, 4) is 5.75 Å². The molecular weight excluding hydrogens is 368 g/mol. The Labute approximate surface area is 169 Å². The van der Waals surface area contributed by atoms with E-state index in [9.17, 15) is 9.59 Å². The molecule has 0 bridgehead atoms. The molecule has 0 radical (unpaired) electrons. The third-order valence-electron chi connectivity index (χ3n) is 4.45. The van der Waals surface area contributed by atoms with Crippen molar-refractivity contribution >= 4 is 17.5 Å². The van der Waals surface area contributed by atoms with Crippen LogP contribution in [0.4, 0.5) is 5.69 Å². The topological polar surface area (TPSA) is 85.2 Å². The van der Waals surface area contributed by atoms with Crippen LogP contribution in [0.1, 0.15) is 38.9 Å². The van der Waals surface area contributed by atoms with Crippen molar-refractivity contribution in [2.75, 3.05) is 12.4 Å². The number of aromatic nitrogens is 2. The van der Waals surface area contributed by atoms with E-state index < -0.39 is 0 Å². The fraction of sp³-hybridized carbons (Fsp3) is 0.227. The zero-order valence-electron chi connectivity index (χ0n) is 16.7. The first-order chi connectivity index (χ1) is 14.0. The smallest absolute Gasteiger partial charge is 0.273 e. The highest BCUT2D eigenvalue weighted by molar-refractivity contribution is 6.08. The first-order valence-corrected chi connectivity index (χ1v) is 9.38. The van der Waals surface area contributed by atoms with Crippen LogP contribution in [0.2, 0.25) is 0 Å². The monoisotopic (exact) mass is 392 g/mol. The normalized spacial score (nSPS) is 10.4. The molecular formula is C22H24N4O3. The highest BCUT2D eigenvalue weighted by Crippen LogP contribution is 2.17. The second-order valence-electron chi connectivity index (χ2n) is 6.58. The molecule has 2 amide bonds. The summed E-state index contributed by atoms with van der Waals surface area (Å²) in [6.45, 7) is 2.46. The first-order valence-electron chi connectivity index (χ1n) is 9.38. The van der Waals surface area contributed by atoms with Gasteiger partial charge < -0.3 is 15.4 Å². The van der Waals surface area contributed by atoms with Crippen LogP contribution in [0.15, 0.2) is 54.7 Å². The summed E-state index contributed by atoms with van der Waals surface area (Å²) in [5, 5.41) is 9.36. The van der Waals surface area contributed by atoms with E-state index in [0.717, 1.165) is 17.7 Å². The van der Waals surface area contributed by atoms with Crippen LogP contribution >= 0.6 is 0 Å². The number of carbonyl (C=O) groups is 2. The van der Waals surface area contributed by atoms with Crippen LogP contribution in [0.3, 0.4) is 0 Å². The molecule has 0 unspecified atom stereocenters. The lowest BCUT2D eigenvalue weighted by Gasteiger charge is -2.09. The lowest BCUT2D eigenvalue weighted by atomic mass is 10.1. The Morgan fingerprint density at radius 2 is 1.83 bits per heavy atom. The van der Waals surface area contributed by atoms with Gasteiger partial charge in [-0.1, -0.05) is 31.2 Å². The first kappa shape index (κ1) is 20.1. The van der Waals surface area contributed by atoms with E-state index in [-0.39, 0.29) is 17.5 Å². The average molecular weight is 392 g/mol. The van der Waals surface area contributed by atoms with Crippen molar-refractivity contribution in [2.24, 2.45) is 7.05 Å². The summed E-state index contributed by atoms with van der Waals surface area (Å²) >= 11 is 0. The number of carbonyl (C=O) groups excluding carboxylic acids is 2. The van der Waals surface area contributed by atoms with E-state index in [4.69, 9.17) is 4.74 Å². The second kappa shape index (κ2) is 9.05. The van der Waals surface area contributed by atoms with Crippen molar-refractivity contribution in [1.82, 2.24) is 15.1 Å². The molecule has 3 aromatic rings. The molecule has 1 aromatic heterocycles. The molecule has 1 heterocycles. The Bertz CT molecular complexity index is 1010. The molecule has 0 aliphatic carbocycles. The molecule has 2 aromatic carbocycles. The third kappa shape index (κ3) is 5.01. The predicted octanol–water partition coefficient (Wildman–Crippen LogP) is 3.17. The molecule has 0 spiro atoms. The van der Waals surface area contributed by atoms with E-state index in [1.54, 1.807) is 31.4 Å². The van der Waals surface area contributed by atoms with Crippen LogP contribution in [0, 0.1) is 0 Å². The van der Waals surface area contributed by atoms with Crippen LogP contribution in [-0.4, -0.2) is 28.6 Å². The SMILES string of the molecule is CCc1ccc(OCc2cccc(C(=O)Nc3cn(C)nc3C(=O)NC)c2)cc1. The zero-order valence-corrected chi connectivity index (χ0v) is 16.7. The number of ether oxygens (including phenoxy) is 1. The van der Waals surface area contributed by atoms with Crippen LogP contribution in [-0.2, 0) is 20.1 Å². The summed E-state index contributed by atoms with van der Waals surface area (Å²) in [7, 11) is 3.20. The fourth-order valence-electron chi connectivity index (χ4n) is 2.85. The average Bonchev–Trinajstić information content (AvgIpc) is 3.12. The number of hydrogen-bond acceptors (Lipinski definition) is 4. The third-order valence-corrected chi connectivity index (χ3v) is 4.45. The summed E-state index contributed by atoms with van der Waals surface area (Å²) in [5.41, 5.74) is 3.12. The Balaban J connectivity index is 1.68. The van der Waals surface area contributed by atoms with Gasteiger partial charge in [0.1, 0.15) is 12.4 Å². The standard InChI is InChI=1S/C22H24N4O3/c1-4-15-8-10-18(11-9-15)29-14-16-6-5-7-17(12-16)21(27)24-19-13-26(3)25-20(19)22(28)23-2/h5-13H,4,14H2,1-3H3,(H,23,28)(H,24,27). The molecule has 0 saturated heterocycles. The van der Waals surface area contributed by atoms with Crippen molar-refractivity contribution in [1.29, 1.82) is 0 Å². The van der Waals surface area contributed by atoms with Crippen molar-refractivity contribution < 1.29 is 14.3 Å². The fourth-order valence-corrected chi connectivity index (χ4v) is 2.85. The molecule has 0 fully saturated rings. The van der Waals surface area contributed by atoms with E-state index in [1.165, 1.54) is 17.3 Å². The second-order valence-corrected chi connectivity index (χ2v) is 6.58. The predicted molar refractivity (Wildman–Crippen MR) is 111 cm³/mol. The van der Waals surface area contributed by atoms with Gasteiger partial charge in [0.05, 0.1) is 5.69 Å². The summed E-state index contributed by atoms with van der Waals surface area (Å²) in [5.74, 6) is 0.0945. The van der Waals surface area contributed by atoms with E-state index in [1.807, 2.05) is 30.3 Å². The van der Waals surface area contributed by atoms with Gasteiger partial charge >= 0.3 is 0 Å². The molecule has 0 aliphatic heterocycles. The maximum Gasteiger partial charge on any atom is 0.273 e. The maximum atomic E-state index is 12.7. The molecule has 0 saturated carbocycles. The van der Waals surface area contributed by atoms with Gasteiger partial charge in [-0.25, -0.2) is 0 Å². The molecule has 7 nitrogen and oxygen atoms in total. The summed E-state index contributed by atoms with van der Waals surface area (Å²) in [6.07, 6.45) is 2.57. The van der Waals surface area contributed by atoms with Crippen molar-refractivity contribution in [3.63, 3.8) is 0 Å². The quantitative estimate of drug-likeness (QED) is 0.647. The number of aryl methyl sites for hydroxylation is 2. The molecule has 7 heteroatoms. The Morgan fingerprint density at radius 3 is 2.52 bits per heavy atom. The van der Waals surface area contributed by atoms with Gasteiger partial charge in [0.15, 0.2) is 5.69 Å². The van der Waals surface area contributed by atoms with Gasteiger partial charge in [-0.3, -0.25) is 14.3 Å². The minimum Gasteiger partial charge on any atom is -0.489 e. The number of hydrogen-bond donors (Lipinski definition) is 2. The zero-order chi connectivity index (χ0) is 20.8. The summed E-state index contributed by atoms with van der Waals surface area (Å²) in [4.78, 5) is 24.6. The van der Waals surface area contributed by atoms with Gasteiger partial charge in [0.25, 0.3) is 11.8 Å². The van der Waals surface area contributed by atoms with Gasteiger partial charge in [0.2, 0.25) is 0 Å². The molecule has 29 heavy (non-hydrogen) atoms. The van der Waals surface area contributed by atoms with E-state index in [0.29, 0.717) is 17.9 Å². The molecule has 2 N–H and O–H groups in total. The number of amides is 2. The number of nitrogens with zero attached hydrogens (tertiary/aromatic N) is 2. The number of nitrogens with one attached hydrogen (secondary N) is 2. The molecule has 0 atom stereocenters. The van der Waals surface area contributed by atoms with Crippen LogP contribution < -0.4 is 15.4 Å². The largest absolute Gasteiger partial charge is 0.489 e. The van der Waals surface area contributed by atoms with Gasteiger partial charge in [-0.05, 0) is 41.8 Å². The Hall–Kier alpha value is -3.61. The van der Waals surface area contributed by atoms with Gasteiger partial charge in [-0.2, -0.15) is 5.10 Å². The molecule has 3 rings (SSSR count). The van der Waals surface area contributed by atoms with E-state index >= 15 is 0 Å². The molecule has 0 aliphatic rings. The lowest BCUT2D eigenvalue weighted by Crippen LogP contribution is -2.21. The van der Waals surface area contributed by atoms with Crippen molar-refractivity contribution in [3.05, 3.63) is 77.1 Å². The highest BCUT2D eigenvalue weighted by Gasteiger charge is 2.17. The van der Waals surface area contributed by atoms with Crippen molar-refractivity contribution in [2.45, 2.75) is 20.0 Å². The number of rotatable bonds is 7. The summed E-state index contributed by atoms with van der Waals surface area (Å²) in [6, 6.07) is 15.1. The highest BCUT2D eigenvalue weighted by atomic mass is 16.5. The molecule has 150 valence electrons. The number of benzene rings is 2. The maximum absolute atomic E-state index is 12.7. The lowest BCUT2D eigenvalue weighted by molar-refractivity contribution is 0.0958. The van der Waals surface area contributed by atoms with Gasteiger partial charge in [-0.15, -0.1) is 0 Å². The summed E-state index contributed by atoms with van der Waals surface area (Å²) < 4.78 is 7.30. The Kier molecular flexibility index (Phi) is 6.29. The Morgan fingerprint density at radius 1 is 1.07 bits per heavy atom. The number of anilines is 1. The van der Waals surface area contributed by atoms with Crippen LogP contribution in [0.5, 0.6) is 5.75 Å². The van der Waals surface area contributed by atoms with Gasteiger partial charge in [0, 0.05) is 25.9 Å². The minimum absolute atomic E-state index is 0.165. The van der Waals surface area contributed by atoms with Crippen LogP contribution in [0.25, 0.3) is 0 Å². The minimum atomic E-state index is -0.364.